The molecule has 5 nitrogen and oxygen atoms in total. The monoisotopic (exact) mass is 263 g/mol. The molecule has 0 atom stereocenters. The zero-order chi connectivity index (χ0) is 13.5. The van der Waals surface area contributed by atoms with Gasteiger partial charge in [-0.1, -0.05) is 0 Å². The van der Waals surface area contributed by atoms with Gasteiger partial charge in [-0.25, -0.2) is 4.79 Å². The van der Waals surface area contributed by atoms with E-state index in [1.54, 1.807) is 27.7 Å². The van der Waals surface area contributed by atoms with Gasteiger partial charge in [-0.2, -0.15) is 12.6 Å². The van der Waals surface area contributed by atoms with Gasteiger partial charge in [-0.3, -0.25) is 9.69 Å². The number of carbonyl (C=O) groups excluding carboxylic acids is 2. The van der Waals surface area contributed by atoms with Crippen molar-refractivity contribution in [1.82, 2.24) is 4.90 Å². The lowest BCUT2D eigenvalue weighted by Gasteiger charge is -2.26. The minimum atomic E-state index is -0.583. The third-order valence-electron chi connectivity index (χ3n) is 1.65. The molecule has 0 aliphatic heterocycles. The lowest BCUT2D eigenvalue weighted by Crippen LogP contribution is -2.41. The van der Waals surface area contributed by atoms with Gasteiger partial charge in [0.2, 0.25) is 0 Å². The molecule has 17 heavy (non-hydrogen) atoms. The summed E-state index contributed by atoms with van der Waals surface area (Å²) in [4.78, 5) is 24.3. The van der Waals surface area contributed by atoms with Crippen LogP contribution in [0.15, 0.2) is 0 Å². The second kappa shape index (κ2) is 7.42. The molecule has 0 radical (unpaired) electrons. The number of nitrogens with zero attached hydrogens (tertiary/aromatic N) is 1. The van der Waals surface area contributed by atoms with Crippen LogP contribution in [0.25, 0.3) is 0 Å². The van der Waals surface area contributed by atoms with Gasteiger partial charge in [-0.15, -0.1) is 0 Å². The van der Waals surface area contributed by atoms with Crippen LogP contribution in [0.4, 0.5) is 4.79 Å². The predicted molar refractivity (Wildman–Crippen MR) is 68.3 cm³/mol. The number of amides is 1. The van der Waals surface area contributed by atoms with Crippen LogP contribution in [0.5, 0.6) is 0 Å². The van der Waals surface area contributed by atoms with Crippen LogP contribution in [-0.4, -0.2) is 48.0 Å². The maximum Gasteiger partial charge on any atom is 0.410 e. The molecule has 0 bridgehead atoms. The fourth-order valence-corrected chi connectivity index (χ4v) is 1.29. The van der Waals surface area contributed by atoms with E-state index in [0.717, 1.165) is 0 Å². The third kappa shape index (κ3) is 7.90. The van der Waals surface area contributed by atoms with Crippen LogP contribution in [0, 0.1) is 0 Å². The van der Waals surface area contributed by atoms with Crippen LogP contribution in [0.3, 0.4) is 0 Å². The van der Waals surface area contributed by atoms with Crippen molar-refractivity contribution < 1.29 is 19.1 Å². The predicted octanol–water partition coefficient (Wildman–Crippen LogP) is 1.72. The van der Waals surface area contributed by atoms with Gasteiger partial charge in [0.25, 0.3) is 0 Å². The number of hydrogen-bond donors (Lipinski definition) is 1. The minimum Gasteiger partial charge on any atom is -0.465 e. The molecule has 0 aliphatic carbocycles. The standard InChI is InChI=1S/C11H21NO4S/c1-5-15-9(13)8-12(6-7-17)10(14)16-11(2,3)4/h17H,5-8H2,1-4H3. The molecule has 0 heterocycles. The number of carbonyl (C=O) groups is 2. The van der Waals surface area contributed by atoms with E-state index in [1.165, 1.54) is 4.90 Å². The molecular weight excluding hydrogens is 242 g/mol. The van der Waals surface area contributed by atoms with Crippen LogP contribution in [0.2, 0.25) is 0 Å². The number of ether oxygens (including phenoxy) is 2. The van der Waals surface area contributed by atoms with Gasteiger partial charge < -0.3 is 9.47 Å². The molecule has 0 aromatic rings. The summed E-state index contributed by atoms with van der Waals surface area (Å²) in [6.45, 7) is 7.56. The van der Waals surface area contributed by atoms with Crippen molar-refractivity contribution in [1.29, 1.82) is 0 Å². The second-order valence-electron chi connectivity index (χ2n) is 4.43. The minimum absolute atomic E-state index is 0.108. The van der Waals surface area contributed by atoms with Gasteiger partial charge in [0, 0.05) is 12.3 Å². The smallest absolute Gasteiger partial charge is 0.410 e. The molecule has 0 aliphatic rings. The van der Waals surface area contributed by atoms with E-state index in [-0.39, 0.29) is 6.54 Å². The maximum atomic E-state index is 11.8. The van der Waals surface area contributed by atoms with Crippen LogP contribution in [0.1, 0.15) is 27.7 Å². The van der Waals surface area contributed by atoms with E-state index in [1.807, 2.05) is 0 Å². The van der Waals surface area contributed by atoms with E-state index in [9.17, 15) is 9.59 Å². The van der Waals surface area contributed by atoms with E-state index in [4.69, 9.17) is 9.47 Å². The first-order chi connectivity index (χ1) is 7.80. The van der Waals surface area contributed by atoms with Gasteiger partial charge >= 0.3 is 12.1 Å². The van der Waals surface area contributed by atoms with Crippen molar-refractivity contribution in [2.75, 3.05) is 25.4 Å². The Morgan fingerprint density at radius 1 is 1.29 bits per heavy atom. The Kier molecular flexibility index (Phi) is 7.03. The summed E-state index contributed by atoms with van der Waals surface area (Å²) < 4.78 is 9.96. The van der Waals surface area contributed by atoms with Crippen molar-refractivity contribution >= 4 is 24.7 Å². The molecule has 6 heteroatoms. The molecular formula is C11H21NO4S. The highest BCUT2D eigenvalue weighted by Crippen LogP contribution is 2.10. The van der Waals surface area contributed by atoms with E-state index in [0.29, 0.717) is 18.9 Å². The largest absolute Gasteiger partial charge is 0.465 e. The maximum absolute atomic E-state index is 11.8. The molecule has 0 aromatic heterocycles. The average Bonchev–Trinajstić information content (AvgIpc) is 2.14. The Morgan fingerprint density at radius 2 is 1.88 bits per heavy atom. The van der Waals surface area contributed by atoms with Crippen molar-refractivity contribution in [3.05, 3.63) is 0 Å². The van der Waals surface area contributed by atoms with Gasteiger partial charge in [-0.05, 0) is 27.7 Å². The topological polar surface area (TPSA) is 55.8 Å². The number of thiol groups is 1. The second-order valence-corrected chi connectivity index (χ2v) is 4.88. The summed E-state index contributed by atoms with van der Waals surface area (Å²) >= 11 is 4.04. The first-order valence-corrected chi connectivity index (χ1v) is 6.17. The average molecular weight is 263 g/mol. The summed E-state index contributed by atoms with van der Waals surface area (Å²) in [6.07, 6.45) is -0.528. The molecule has 0 fully saturated rings. The molecule has 0 N–H and O–H groups in total. The number of esters is 1. The third-order valence-corrected chi connectivity index (χ3v) is 1.85. The van der Waals surface area contributed by atoms with Gasteiger partial charge in [0.15, 0.2) is 0 Å². The highest BCUT2D eigenvalue weighted by molar-refractivity contribution is 7.80. The summed E-state index contributed by atoms with van der Waals surface area (Å²) in [7, 11) is 0. The van der Waals surface area contributed by atoms with E-state index >= 15 is 0 Å². The van der Waals surface area contributed by atoms with Crippen LogP contribution < -0.4 is 0 Å². The quantitative estimate of drug-likeness (QED) is 0.606. The Morgan fingerprint density at radius 3 is 2.29 bits per heavy atom. The lowest BCUT2D eigenvalue weighted by molar-refractivity contribution is -0.144. The van der Waals surface area contributed by atoms with Crippen molar-refractivity contribution in [2.24, 2.45) is 0 Å². The number of rotatable bonds is 5. The molecule has 1 amide bonds. The summed E-state index contributed by atoms with van der Waals surface area (Å²) in [5.41, 5.74) is -0.583. The summed E-state index contributed by atoms with van der Waals surface area (Å²) in [6, 6.07) is 0. The molecule has 0 rings (SSSR count). The highest BCUT2D eigenvalue weighted by Gasteiger charge is 2.23. The highest BCUT2D eigenvalue weighted by atomic mass is 32.1. The fourth-order valence-electron chi connectivity index (χ4n) is 1.04. The lowest BCUT2D eigenvalue weighted by atomic mass is 10.2. The first-order valence-electron chi connectivity index (χ1n) is 5.54. The molecule has 0 aromatic carbocycles. The Balaban J connectivity index is 4.40. The molecule has 0 saturated carbocycles. The number of hydrogen-bond acceptors (Lipinski definition) is 5. The summed E-state index contributed by atoms with van der Waals surface area (Å²) in [5.74, 6) is 0.0127. The molecule has 0 saturated heterocycles. The van der Waals surface area contributed by atoms with Gasteiger partial charge in [0.05, 0.1) is 6.61 Å². The van der Waals surface area contributed by atoms with Crippen molar-refractivity contribution in [2.45, 2.75) is 33.3 Å². The van der Waals surface area contributed by atoms with Crippen LogP contribution in [-0.2, 0) is 14.3 Å². The first kappa shape index (κ1) is 16.1. The zero-order valence-electron chi connectivity index (χ0n) is 10.9. The Bertz CT molecular complexity index is 263. The SMILES string of the molecule is CCOC(=O)CN(CCS)C(=O)OC(C)(C)C. The van der Waals surface area contributed by atoms with E-state index < -0.39 is 17.7 Å². The van der Waals surface area contributed by atoms with E-state index in [2.05, 4.69) is 12.6 Å². The van der Waals surface area contributed by atoms with Crippen molar-refractivity contribution in [3.8, 4) is 0 Å². The summed E-state index contributed by atoms with van der Waals surface area (Å²) in [5, 5.41) is 0. The molecule has 100 valence electrons. The van der Waals surface area contributed by atoms with Crippen molar-refractivity contribution in [3.63, 3.8) is 0 Å². The van der Waals surface area contributed by atoms with Gasteiger partial charge in [0.1, 0.15) is 12.1 Å². The zero-order valence-corrected chi connectivity index (χ0v) is 11.8. The van der Waals surface area contributed by atoms with Crippen LogP contribution >= 0.6 is 12.6 Å². The molecule has 0 spiro atoms. The Hall–Kier alpha value is -0.910. The molecule has 0 unspecified atom stereocenters. The Labute approximate surface area is 108 Å². The fraction of sp³-hybridized carbons (Fsp3) is 0.818. The normalized spacial score (nSPS) is 10.9.